The maximum atomic E-state index is 6.23. The van der Waals surface area contributed by atoms with Crippen LogP contribution in [-0.4, -0.2) is 35.3 Å². The average Bonchev–Trinajstić information content (AvgIpc) is 3.05. The van der Waals surface area contributed by atoms with Crippen molar-refractivity contribution in [2.45, 2.75) is 67.0 Å². The molecule has 8 heteroatoms. The van der Waals surface area contributed by atoms with Crippen molar-refractivity contribution < 1.29 is 9.26 Å². The summed E-state index contributed by atoms with van der Waals surface area (Å²) in [6.07, 6.45) is 1.84. The van der Waals surface area contributed by atoms with Crippen molar-refractivity contribution >= 4 is 29.9 Å². The Balaban J connectivity index is 0.00000450. The lowest BCUT2D eigenvalue weighted by atomic mass is 10.1. The van der Waals surface area contributed by atoms with Crippen LogP contribution in [0.2, 0.25) is 0 Å². The van der Waals surface area contributed by atoms with Gasteiger partial charge in [0.1, 0.15) is 5.75 Å². The van der Waals surface area contributed by atoms with Crippen LogP contribution in [0.15, 0.2) is 27.7 Å². The fraction of sp³-hybridized carbons (Fsp3) is 0.591. The second-order valence-corrected chi connectivity index (χ2v) is 7.78. The van der Waals surface area contributed by atoms with Crippen LogP contribution in [0.5, 0.6) is 5.75 Å². The lowest BCUT2D eigenvalue weighted by Crippen LogP contribution is -2.38. The van der Waals surface area contributed by atoms with Crippen LogP contribution in [0.25, 0.3) is 0 Å². The van der Waals surface area contributed by atoms with Crippen molar-refractivity contribution in [3.63, 3.8) is 0 Å². The summed E-state index contributed by atoms with van der Waals surface area (Å²) in [5, 5.41) is 10.4. The molecular weight excluding hydrogens is 493 g/mol. The molecule has 2 N–H and O–H groups in total. The third kappa shape index (κ3) is 9.32. The second kappa shape index (κ2) is 13.5. The van der Waals surface area contributed by atoms with E-state index in [2.05, 4.69) is 66.7 Å². The molecule has 0 spiro atoms. The van der Waals surface area contributed by atoms with Crippen molar-refractivity contribution in [3.8, 4) is 5.75 Å². The van der Waals surface area contributed by atoms with Crippen LogP contribution in [0.1, 0.15) is 57.0 Å². The Morgan fingerprint density at radius 1 is 1.20 bits per heavy atom. The van der Waals surface area contributed by atoms with Crippen molar-refractivity contribution in [1.29, 1.82) is 0 Å². The summed E-state index contributed by atoms with van der Waals surface area (Å²) in [6, 6.07) is 6.30. The van der Waals surface area contributed by atoms with Gasteiger partial charge in [-0.25, -0.2) is 4.99 Å². The van der Waals surface area contributed by atoms with Crippen LogP contribution in [0.3, 0.4) is 0 Å². The minimum absolute atomic E-state index is 0. The van der Waals surface area contributed by atoms with Crippen LogP contribution in [0.4, 0.5) is 0 Å². The lowest BCUT2D eigenvalue weighted by molar-refractivity contribution is 0.191. The lowest BCUT2D eigenvalue weighted by Gasteiger charge is -2.19. The third-order valence-electron chi connectivity index (χ3n) is 4.31. The molecule has 0 aliphatic carbocycles. The SMILES string of the molecule is CCNC(=NCc1ccc(C)cc1OC(C)CC(C)C)NCCc1nc(C)no1.I. The molecule has 0 saturated heterocycles. The highest BCUT2D eigenvalue weighted by atomic mass is 127. The van der Waals surface area contributed by atoms with Gasteiger partial charge in [0.15, 0.2) is 11.8 Å². The molecule has 1 atom stereocenters. The van der Waals surface area contributed by atoms with E-state index in [1.54, 1.807) is 0 Å². The summed E-state index contributed by atoms with van der Waals surface area (Å²) in [5.74, 6) is 3.55. The van der Waals surface area contributed by atoms with E-state index in [0.29, 0.717) is 37.1 Å². The maximum absolute atomic E-state index is 6.23. The van der Waals surface area contributed by atoms with Crippen LogP contribution in [0, 0.1) is 19.8 Å². The van der Waals surface area contributed by atoms with E-state index in [-0.39, 0.29) is 30.1 Å². The van der Waals surface area contributed by atoms with Gasteiger partial charge in [0.25, 0.3) is 0 Å². The van der Waals surface area contributed by atoms with Gasteiger partial charge >= 0.3 is 0 Å². The van der Waals surface area contributed by atoms with E-state index in [9.17, 15) is 0 Å². The summed E-state index contributed by atoms with van der Waals surface area (Å²) in [5.41, 5.74) is 2.26. The van der Waals surface area contributed by atoms with Gasteiger partial charge in [0.2, 0.25) is 5.89 Å². The first-order valence-corrected chi connectivity index (χ1v) is 10.4. The second-order valence-electron chi connectivity index (χ2n) is 7.78. The first-order chi connectivity index (χ1) is 13.9. The molecule has 0 aliphatic heterocycles. The maximum Gasteiger partial charge on any atom is 0.228 e. The number of aromatic nitrogens is 2. The summed E-state index contributed by atoms with van der Waals surface area (Å²) in [4.78, 5) is 8.95. The van der Waals surface area contributed by atoms with Gasteiger partial charge in [-0.05, 0) is 51.7 Å². The molecule has 7 nitrogen and oxygen atoms in total. The number of halogens is 1. The first kappa shape index (κ1) is 26.2. The van der Waals surface area contributed by atoms with Gasteiger partial charge in [0, 0.05) is 25.1 Å². The molecule has 1 aromatic carbocycles. The number of aliphatic imine (C=N–C) groups is 1. The number of nitrogens with one attached hydrogen (secondary N) is 2. The van der Waals surface area contributed by atoms with Crippen molar-refractivity contribution in [2.24, 2.45) is 10.9 Å². The van der Waals surface area contributed by atoms with E-state index in [4.69, 9.17) is 14.3 Å². The number of benzene rings is 1. The number of rotatable bonds is 10. The van der Waals surface area contributed by atoms with Gasteiger partial charge in [-0.15, -0.1) is 24.0 Å². The molecule has 2 aromatic rings. The number of aryl methyl sites for hydroxylation is 2. The fourth-order valence-corrected chi connectivity index (χ4v) is 3.07. The summed E-state index contributed by atoms with van der Waals surface area (Å²) in [7, 11) is 0. The molecule has 0 bridgehead atoms. The Hall–Kier alpha value is -1.84. The zero-order valence-corrected chi connectivity index (χ0v) is 21.3. The molecule has 1 heterocycles. The summed E-state index contributed by atoms with van der Waals surface area (Å²) < 4.78 is 11.4. The van der Waals surface area contributed by atoms with Crippen molar-refractivity contribution in [3.05, 3.63) is 41.0 Å². The minimum Gasteiger partial charge on any atom is -0.490 e. The molecular formula is C22H36IN5O2. The van der Waals surface area contributed by atoms with E-state index < -0.39 is 0 Å². The van der Waals surface area contributed by atoms with Crippen LogP contribution < -0.4 is 15.4 Å². The van der Waals surface area contributed by atoms with Gasteiger partial charge < -0.3 is 19.9 Å². The topological polar surface area (TPSA) is 84.6 Å². The highest BCUT2D eigenvalue weighted by Gasteiger charge is 2.11. The van der Waals surface area contributed by atoms with E-state index in [1.807, 2.05) is 13.8 Å². The molecule has 0 amide bonds. The van der Waals surface area contributed by atoms with Gasteiger partial charge in [0.05, 0.1) is 12.6 Å². The Kier molecular flexibility index (Phi) is 11.8. The first-order valence-electron chi connectivity index (χ1n) is 10.4. The predicted octanol–water partition coefficient (Wildman–Crippen LogP) is 4.42. The minimum atomic E-state index is 0. The Bertz CT molecular complexity index is 792. The summed E-state index contributed by atoms with van der Waals surface area (Å²) in [6.45, 7) is 14.5. The molecule has 1 aromatic heterocycles. The molecule has 0 aliphatic rings. The van der Waals surface area contributed by atoms with Gasteiger partial charge in [-0.1, -0.05) is 31.1 Å². The van der Waals surface area contributed by atoms with Crippen molar-refractivity contribution in [1.82, 2.24) is 20.8 Å². The number of ether oxygens (including phenoxy) is 1. The molecule has 1 unspecified atom stereocenters. The predicted molar refractivity (Wildman–Crippen MR) is 132 cm³/mol. The third-order valence-corrected chi connectivity index (χ3v) is 4.31. The smallest absolute Gasteiger partial charge is 0.228 e. The highest BCUT2D eigenvalue weighted by Crippen LogP contribution is 2.24. The normalized spacial score (nSPS) is 12.4. The van der Waals surface area contributed by atoms with Crippen LogP contribution >= 0.6 is 24.0 Å². The van der Waals surface area contributed by atoms with Crippen molar-refractivity contribution in [2.75, 3.05) is 13.1 Å². The Morgan fingerprint density at radius 2 is 1.97 bits per heavy atom. The number of hydrogen-bond acceptors (Lipinski definition) is 5. The van der Waals surface area contributed by atoms with E-state index in [1.165, 1.54) is 5.56 Å². The monoisotopic (exact) mass is 529 g/mol. The molecule has 30 heavy (non-hydrogen) atoms. The highest BCUT2D eigenvalue weighted by molar-refractivity contribution is 14.0. The van der Waals surface area contributed by atoms with E-state index >= 15 is 0 Å². The summed E-state index contributed by atoms with van der Waals surface area (Å²) >= 11 is 0. The van der Waals surface area contributed by atoms with E-state index in [0.717, 1.165) is 30.2 Å². The largest absolute Gasteiger partial charge is 0.490 e. The standard InChI is InChI=1S/C22H35N5O2.HI/c1-7-23-22(24-11-10-21-26-18(6)27-29-21)25-14-19-9-8-16(4)13-20(19)28-17(5)12-15(2)3;/h8-9,13,15,17H,7,10-12,14H2,1-6H3,(H2,23,24,25);1H. The number of hydrogen-bond donors (Lipinski definition) is 2. The molecule has 2 rings (SSSR count). The van der Waals surface area contributed by atoms with Gasteiger partial charge in [-0.3, -0.25) is 0 Å². The zero-order chi connectivity index (χ0) is 21.2. The molecule has 168 valence electrons. The number of guanidine groups is 1. The van der Waals surface area contributed by atoms with Crippen LogP contribution in [-0.2, 0) is 13.0 Å². The fourth-order valence-electron chi connectivity index (χ4n) is 3.07. The molecule has 0 saturated carbocycles. The molecule has 0 fully saturated rings. The Morgan fingerprint density at radius 3 is 2.60 bits per heavy atom. The Labute approximate surface area is 197 Å². The quantitative estimate of drug-likeness (QED) is 0.270. The average molecular weight is 529 g/mol. The zero-order valence-electron chi connectivity index (χ0n) is 19.0. The van der Waals surface area contributed by atoms with Gasteiger partial charge in [-0.2, -0.15) is 4.98 Å². The molecule has 0 radical (unpaired) electrons. The number of nitrogens with zero attached hydrogens (tertiary/aromatic N) is 3.